The van der Waals surface area contributed by atoms with Crippen LogP contribution in [0.4, 0.5) is 4.39 Å². The molecule has 3 aromatic rings. The summed E-state index contributed by atoms with van der Waals surface area (Å²) in [5.41, 5.74) is 2.48. The number of halogens is 1. The minimum Gasteiger partial charge on any atom is -0.486 e. The molecule has 4 nitrogen and oxygen atoms in total. The summed E-state index contributed by atoms with van der Waals surface area (Å²) in [4.78, 5) is 12.6. The zero-order valence-corrected chi connectivity index (χ0v) is 14.8. The highest BCUT2D eigenvalue weighted by Crippen LogP contribution is 2.29. The van der Waals surface area contributed by atoms with E-state index in [4.69, 9.17) is 9.15 Å². The molecule has 0 bridgehead atoms. The molecule has 1 aromatic heterocycles. The molecule has 0 aliphatic heterocycles. The predicted molar refractivity (Wildman–Crippen MR) is 99.0 cm³/mol. The molecule has 1 unspecified atom stereocenters. The topological polar surface area (TPSA) is 51.5 Å². The van der Waals surface area contributed by atoms with Gasteiger partial charge in [-0.25, -0.2) is 4.39 Å². The first-order valence-electron chi connectivity index (χ1n) is 9.05. The quantitative estimate of drug-likeness (QED) is 0.706. The molecule has 0 fully saturated rings. The Balaban J connectivity index is 1.38. The number of nitrogens with one attached hydrogen (secondary N) is 1. The van der Waals surface area contributed by atoms with Crippen LogP contribution in [0.1, 0.15) is 46.3 Å². The Hall–Kier alpha value is -3.08. The summed E-state index contributed by atoms with van der Waals surface area (Å²) in [5, 5.41) is 3.07. The van der Waals surface area contributed by atoms with E-state index >= 15 is 0 Å². The first-order valence-corrected chi connectivity index (χ1v) is 9.05. The summed E-state index contributed by atoms with van der Waals surface area (Å²) in [6.07, 6.45) is 3.02. The fraction of sp³-hybridized carbons (Fsp3) is 0.227. The zero-order valence-electron chi connectivity index (χ0n) is 14.8. The average molecular weight is 365 g/mol. The van der Waals surface area contributed by atoms with Crippen molar-refractivity contribution in [2.24, 2.45) is 0 Å². The normalized spacial score (nSPS) is 15.8. The van der Waals surface area contributed by atoms with Gasteiger partial charge < -0.3 is 14.5 Å². The van der Waals surface area contributed by atoms with E-state index in [2.05, 4.69) is 17.4 Å². The second kappa shape index (κ2) is 7.66. The maximum Gasteiger partial charge on any atom is 0.287 e. The predicted octanol–water partition coefficient (Wildman–Crippen LogP) is 4.81. The van der Waals surface area contributed by atoms with Gasteiger partial charge in [0.25, 0.3) is 5.91 Å². The number of rotatable bonds is 5. The van der Waals surface area contributed by atoms with Crippen molar-refractivity contribution in [3.8, 4) is 5.75 Å². The maximum atomic E-state index is 12.9. The number of aryl methyl sites for hydroxylation is 1. The highest BCUT2D eigenvalue weighted by atomic mass is 19.1. The van der Waals surface area contributed by atoms with E-state index in [0.29, 0.717) is 11.5 Å². The molecule has 2 aromatic carbocycles. The number of hydrogen-bond acceptors (Lipinski definition) is 3. The van der Waals surface area contributed by atoms with Gasteiger partial charge in [0.05, 0.1) is 6.04 Å². The zero-order chi connectivity index (χ0) is 18.6. The van der Waals surface area contributed by atoms with Crippen LogP contribution in [-0.4, -0.2) is 5.91 Å². The van der Waals surface area contributed by atoms with E-state index in [1.165, 1.54) is 23.3 Å². The smallest absolute Gasteiger partial charge is 0.287 e. The molecule has 1 atom stereocenters. The molecule has 5 heteroatoms. The van der Waals surface area contributed by atoms with Gasteiger partial charge in [-0.05, 0) is 66.8 Å². The molecule has 138 valence electrons. The molecule has 1 aliphatic carbocycles. The van der Waals surface area contributed by atoms with Gasteiger partial charge in [0.15, 0.2) is 5.76 Å². The van der Waals surface area contributed by atoms with Crippen molar-refractivity contribution in [1.82, 2.24) is 5.32 Å². The van der Waals surface area contributed by atoms with E-state index < -0.39 is 0 Å². The lowest BCUT2D eigenvalue weighted by molar-refractivity contribution is 0.0900. The Bertz CT molecular complexity index is 933. The molecular weight excluding hydrogens is 345 g/mol. The Morgan fingerprint density at radius 2 is 1.93 bits per heavy atom. The fourth-order valence-corrected chi connectivity index (χ4v) is 3.40. The number of carbonyl (C=O) groups is 1. The largest absolute Gasteiger partial charge is 0.486 e. The van der Waals surface area contributed by atoms with Crippen molar-refractivity contribution in [3.05, 3.63) is 89.1 Å². The average Bonchev–Trinajstić information content (AvgIpc) is 3.17. The van der Waals surface area contributed by atoms with Gasteiger partial charge in [-0.15, -0.1) is 0 Å². The highest BCUT2D eigenvalue weighted by molar-refractivity contribution is 5.91. The lowest BCUT2D eigenvalue weighted by atomic mass is 9.88. The van der Waals surface area contributed by atoms with Crippen LogP contribution in [0.15, 0.2) is 65.1 Å². The second-order valence-corrected chi connectivity index (χ2v) is 6.63. The van der Waals surface area contributed by atoms with E-state index in [0.717, 1.165) is 19.3 Å². The van der Waals surface area contributed by atoms with Crippen LogP contribution in [0.25, 0.3) is 0 Å². The van der Waals surface area contributed by atoms with E-state index in [9.17, 15) is 9.18 Å². The van der Waals surface area contributed by atoms with Gasteiger partial charge >= 0.3 is 0 Å². The summed E-state index contributed by atoms with van der Waals surface area (Å²) in [7, 11) is 0. The van der Waals surface area contributed by atoms with Gasteiger partial charge in [-0.2, -0.15) is 0 Å². The first-order chi connectivity index (χ1) is 13.2. The molecule has 27 heavy (non-hydrogen) atoms. The van der Waals surface area contributed by atoms with Gasteiger partial charge in [-0.3, -0.25) is 4.79 Å². The lowest BCUT2D eigenvalue weighted by Gasteiger charge is -2.25. The summed E-state index contributed by atoms with van der Waals surface area (Å²) < 4.78 is 24.1. The molecule has 1 aliphatic rings. The number of benzene rings is 2. The van der Waals surface area contributed by atoms with Gasteiger partial charge in [-0.1, -0.05) is 24.3 Å². The minimum absolute atomic E-state index is 0.00599. The van der Waals surface area contributed by atoms with E-state index in [1.807, 2.05) is 12.1 Å². The van der Waals surface area contributed by atoms with Crippen molar-refractivity contribution in [3.63, 3.8) is 0 Å². The van der Waals surface area contributed by atoms with Crippen LogP contribution in [0.3, 0.4) is 0 Å². The molecule has 1 heterocycles. The summed E-state index contributed by atoms with van der Waals surface area (Å²) in [5.74, 6) is 0.787. The SMILES string of the molecule is O=C(NC1CCCc2ccccc21)c1ccc(COc2ccc(F)cc2)o1. The van der Waals surface area contributed by atoms with Gasteiger partial charge in [0.1, 0.15) is 23.9 Å². The monoisotopic (exact) mass is 365 g/mol. The van der Waals surface area contributed by atoms with Crippen LogP contribution >= 0.6 is 0 Å². The van der Waals surface area contributed by atoms with Crippen LogP contribution in [0, 0.1) is 5.82 Å². The van der Waals surface area contributed by atoms with Crippen molar-refractivity contribution in [2.45, 2.75) is 31.9 Å². The third kappa shape index (κ3) is 4.03. The van der Waals surface area contributed by atoms with Crippen LogP contribution < -0.4 is 10.1 Å². The van der Waals surface area contributed by atoms with Crippen molar-refractivity contribution >= 4 is 5.91 Å². The first kappa shape index (κ1) is 17.3. The molecule has 1 N–H and O–H groups in total. The number of furan rings is 1. The Morgan fingerprint density at radius 3 is 2.78 bits per heavy atom. The summed E-state index contributed by atoms with van der Waals surface area (Å²) >= 11 is 0. The molecule has 0 spiro atoms. The molecule has 1 amide bonds. The molecular formula is C22H20FNO3. The third-order valence-electron chi connectivity index (χ3n) is 4.75. The molecule has 4 rings (SSSR count). The fourth-order valence-electron chi connectivity index (χ4n) is 3.40. The minimum atomic E-state index is -0.316. The molecule has 0 radical (unpaired) electrons. The van der Waals surface area contributed by atoms with Crippen LogP contribution in [0.2, 0.25) is 0 Å². The Morgan fingerprint density at radius 1 is 1.11 bits per heavy atom. The highest BCUT2D eigenvalue weighted by Gasteiger charge is 2.23. The second-order valence-electron chi connectivity index (χ2n) is 6.63. The van der Waals surface area contributed by atoms with Crippen molar-refractivity contribution in [2.75, 3.05) is 0 Å². The van der Waals surface area contributed by atoms with Crippen LogP contribution in [0.5, 0.6) is 5.75 Å². The number of ether oxygens (including phenoxy) is 1. The summed E-state index contributed by atoms with van der Waals surface area (Å²) in [6.45, 7) is 0.172. The van der Waals surface area contributed by atoms with Gasteiger partial charge in [0, 0.05) is 0 Å². The standard InChI is InChI=1S/C22H20FNO3/c23-16-8-10-17(11-9-16)26-14-18-12-13-21(27-18)22(25)24-20-7-3-5-15-4-1-2-6-19(15)20/h1-2,4,6,8-13,20H,3,5,7,14H2,(H,24,25). The molecule has 0 saturated carbocycles. The Labute approximate surface area is 157 Å². The number of hydrogen-bond donors (Lipinski definition) is 1. The number of amides is 1. The van der Waals surface area contributed by atoms with Crippen LogP contribution in [-0.2, 0) is 13.0 Å². The lowest BCUT2D eigenvalue weighted by Crippen LogP contribution is -2.30. The number of fused-ring (bicyclic) bond motifs is 1. The third-order valence-corrected chi connectivity index (χ3v) is 4.75. The molecule has 0 saturated heterocycles. The van der Waals surface area contributed by atoms with Crippen molar-refractivity contribution < 1.29 is 18.3 Å². The van der Waals surface area contributed by atoms with Gasteiger partial charge in [0.2, 0.25) is 0 Å². The van der Waals surface area contributed by atoms with E-state index in [1.54, 1.807) is 24.3 Å². The number of carbonyl (C=O) groups excluding carboxylic acids is 1. The Kier molecular flexibility index (Phi) is 4.92. The summed E-state index contributed by atoms with van der Waals surface area (Å²) in [6, 6.07) is 17.3. The van der Waals surface area contributed by atoms with Crippen molar-refractivity contribution in [1.29, 1.82) is 0 Å². The van der Waals surface area contributed by atoms with E-state index in [-0.39, 0.29) is 30.1 Å². The maximum absolute atomic E-state index is 12.9.